The fourth-order valence-corrected chi connectivity index (χ4v) is 2.41. The van der Waals surface area contributed by atoms with Gasteiger partial charge in [0.15, 0.2) is 0 Å². The van der Waals surface area contributed by atoms with Crippen LogP contribution in [-0.2, 0) is 10.2 Å². The Morgan fingerprint density at radius 2 is 1.58 bits per heavy atom. The van der Waals surface area contributed by atoms with Crippen molar-refractivity contribution in [3.8, 4) is 0 Å². The molecule has 1 aliphatic heterocycles. The van der Waals surface area contributed by atoms with E-state index in [1.807, 2.05) is 0 Å². The molecule has 0 saturated carbocycles. The number of hydrogen-bond donors (Lipinski definition) is 1. The molecule has 0 aromatic heterocycles. The van der Waals surface area contributed by atoms with Gasteiger partial charge in [0.25, 0.3) is 10.2 Å². The second-order valence-electron chi connectivity index (χ2n) is 3.02. The van der Waals surface area contributed by atoms with E-state index in [2.05, 4.69) is 4.72 Å². The molecule has 1 rings (SSSR count). The minimum absolute atomic E-state index is 0.670. The van der Waals surface area contributed by atoms with Crippen molar-refractivity contribution in [3.63, 3.8) is 0 Å². The van der Waals surface area contributed by atoms with Crippen molar-refractivity contribution in [1.29, 1.82) is 0 Å². The zero-order valence-electron chi connectivity index (χ0n) is 7.41. The first-order valence-corrected chi connectivity index (χ1v) is 5.79. The largest absolute Gasteiger partial charge is 0.279 e. The summed E-state index contributed by atoms with van der Waals surface area (Å²) in [6.45, 7) is 1.34. The van der Waals surface area contributed by atoms with Gasteiger partial charge in [-0.3, -0.25) is 0 Å². The molecule has 0 amide bonds. The zero-order valence-corrected chi connectivity index (χ0v) is 8.23. The highest BCUT2D eigenvalue weighted by atomic mass is 32.2. The molecule has 0 radical (unpaired) electrons. The summed E-state index contributed by atoms with van der Waals surface area (Å²) in [6, 6.07) is 0. The minimum atomic E-state index is -3.16. The van der Waals surface area contributed by atoms with E-state index in [4.69, 9.17) is 0 Å². The topological polar surface area (TPSA) is 49.4 Å². The normalized spacial score (nSPS) is 22.1. The average Bonchev–Trinajstić information content (AvgIpc) is 2.32. The lowest BCUT2D eigenvalue weighted by atomic mass is 10.2. The van der Waals surface area contributed by atoms with Gasteiger partial charge in [0.2, 0.25) is 0 Å². The summed E-state index contributed by atoms with van der Waals surface area (Å²) in [7, 11) is -1.70. The van der Waals surface area contributed by atoms with Crippen molar-refractivity contribution in [2.75, 3.05) is 20.1 Å². The van der Waals surface area contributed by atoms with Gasteiger partial charge in [-0.15, -0.1) is 0 Å². The van der Waals surface area contributed by atoms with Crippen molar-refractivity contribution in [2.45, 2.75) is 25.7 Å². The Morgan fingerprint density at radius 3 is 2.00 bits per heavy atom. The Balaban J connectivity index is 2.60. The molecule has 1 fully saturated rings. The first kappa shape index (κ1) is 9.95. The molecule has 12 heavy (non-hydrogen) atoms. The molecule has 1 N–H and O–H groups in total. The Bertz CT molecular complexity index is 218. The molecule has 0 bridgehead atoms. The number of nitrogens with zero attached hydrogens (tertiary/aromatic N) is 1. The Labute approximate surface area is 74.1 Å². The predicted octanol–water partition coefficient (Wildman–Crippen LogP) is 0.327. The lowest BCUT2D eigenvalue weighted by Gasteiger charge is -2.18. The van der Waals surface area contributed by atoms with Crippen LogP contribution in [0.2, 0.25) is 0 Å². The predicted molar refractivity (Wildman–Crippen MR) is 48.0 cm³/mol. The first-order chi connectivity index (χ1) is 5.67. The molecule has 4 nitrogen and oxygen atoms in total. The van der Waals surface area contributed by atoms with E-state index in [0.29, 0.717) is 13.1 Å². The molecule has 0 aliphatic carbocycles. The Morgan fingerprint density at radius 1 is 1.08 bits per heavy atom. The van der Waals surface area contributed by atoms with Crippen LogP contribution in [0.1, 0.15) is 25.7 Å². The zero-order chi connectivity index (χ0) is 9.03. The van der Waals surface area contributed by atoms with Crippen molar-refractivity contribution >= 4 is 10.2 Å². The number of rotatable bonds is 2. The molecule has 5 heteroatoms. The third-order valence-corrected chi connectivity index (χ3v) is 3.72. The van der Waals surface area contributed by atoms with Gasteiger partial charge in [0.1, 0.15) is 0 Å². The van der Waals surface area contributed by atoms with Gasteiger partial charge in [-0.05, 0) is 12.8 Å². The van der Waals surface area contributed by atoms with Gasteiger partial charge in [-0.25, -0.2) is 4.72 Å². The van der Waals surface area contributed by atoms with E-state index in [-0.39, 0.29) is 0 Å². The SMILES string of the molecule is CNS(=O)(=O)N1CCCCCC1. The van der Waals surface area contributed by atoms with Crippen molar-refractivity contribution in [2.24, 2.45) is 0 Å². The molecule has 0 aromatic rings. The second kappa shape index (κ2) is 4.20. The number of nitrogens with one attached hydrogen (secondary N) is 1. The highest BCUT2D eigenvalue weighted by Gasteiger charge is 2.20. The third-order valence-electron chi connectivity index (χ3n) is 2.16. The van der Waals surface area contributed by atoms with Crippen LogP contribution in [0.3, 0.4) is 0 Å². The van der Waals surface area contributed by atoms with Gasteiger partial charge >= 0.3 is 0 Å². The summed E-state index contributed by atoms with van der Waals surface area (Å²) >= 11 is 0. The molecule has 1 aliphatic rings. The molecule has 0 aromatic carbocycles. The molecule has 0 atom stereocenters. The van der Waals surface area contributed by atoms with E-state index < -0.39 is 10.2 Å². The fraction of sp³-hybridized carbons (Fsp3) is 1.00. The van der Waals surface area contributed by atoms with E-state index in [1.54, 1.807) is 0 Å². The van der Waals surface area contributed by atoms with E-state index >= 15 is 0 Å². The molecular weight excluding hydrogens is 176 g/mol. The van der Waals surface area contributed by atoms with Gasteiger partial charge in [0.05, 0.1) is 0 Å². The average molecular weight is 192 g/mol. The van der Waals surface area contributed by atoms with Gasteiger partial charge in [-0.2, -0.15) is 12.7 Å². The molecule has 72 valence electrons. The third kappa shape index (κ3) is 2.43. The molecule has 1 saturated heterocycles. The summed E-state index contributed by atoms with van der Waals surface area (Å²) in [6.07, 6.45) is 4.27. The molecule has 0 unspecified atom stereocenters. The quantitative estimate of drug-likeness (QED) is 0.685. The fourth-order valence-electron chi connectivity index (χ4n) is 1.41. The van der Waals surface area contributed by atoms with Crippen LogP contribution in [0.4, 0.5) is 0 Å². The van der Waals surface area contributed by atoms with Crippen LogP contribution in [0.15, 0.2) is 0 Å². The molecular formula is C7H16N2O2S. The van der Waals surface area contributed by atoms with Crippen LogP contribution in [0.5, 0.6) is 0 Å². The van der Waals surface area contributed by atoms with E-state index in [0.717, 1.165) is 25.7 Å². The van der Waals surface area contributed by atoms with Crippen molar-refractivity contribution in [3.05, 3.63) is 0 Å². The minimum Gasteiger partial charge on any atom is -0.205 e. The van der Waals surface area contributed by atoms with E-state index in [1.165, 1.54) is 11.4 Å². The first-order valence-electron chi connectivity index (χ1n) is 4.35. The van der Waals surface area contributed by atoms with Gasteiger partial charge < -0.3 is 0 Å². The lowest BCUT2D eigenvalue weighted by Crippen LogP contribution is -2.39. The summed E-state index contributed by atoms with van der Waals surface area (Å²) in [5.74, 6) is 0. The highest BCUT2D eigenvalue weighted by Crippen LogP contribution is 2.11. The maximum atomic E-state index is 11.3. The Hall–Kier alpha value is -0.130. The van der Waals surface area contributed by atoms with Crippen LogP contribution in [0, 0.1) is 0 Å². The lowest BCUT2D eigenvalue weighted by molar-refractivity contribution is 0.418. The monoisotopic (exact) mass is 192 g/mol. The van der Waals surface area contributed by atoms with Crippen molar-refractivity contribution in [1.82, 2.24) is 9.03 Å². The van der Waals surface area contributed by atoms with Gasteiger partial charge in [-0.1, -0.05) is 12.8 Å². The van der Waals surface area contributed by atoms with Crippen LogP contribution < -0.4 is 4.72 Å². The summed E-state index contributed by atoms with van der Waals surface area (Å²) in [4.78, 5) is 0. The maximum absolute atomic E-state index is 11.3. The highest BCUT2D eigenvalue weighted by molar-refractivity contribution is 7.87. The van der Waals surface area contributed by atoms with Crippen molar-refractivity contribution < 1.29 is 8.42 Å². The van der Waals surface area contributed by atoms with Gasteiger partial charge in [0, 0.05) is 20.1 Å². The van der Waals surface area contributed by atoms with Crippen LogP contribution in [-0.4, -0.2) is 32.9 Å². The summed E-state index contributed by atoms with van der Waals surface area (Å²) < 4.78 is 26.5. The molecule has 1 heterocycles. The van der Waals surface area contributed by atoms with Crippen LogP contribution in [0.25, 0.3) is 0 Å². The summed E-state index contributed by atoms with van der Waals surface area (Å²) in [5.41, 5.74) is 0. The van der Waals surface area contributed by atoms with E-state index in [9.17, 15) is 8.42 Å². The Kier molecular flexibility index (Phi) is 3.49. The summed E-state index contributed by atoms with van der Waals surface area (Å²) in [5, 5.41) is 0. The number of hydrogen-bond acceptors (Lipinski definition) is 2. The smallest absolute Gasteiger partial charge is 0.205 e. The second-order valence-corrected chi connectivity index (χ2v) is 4.90. The maximum Gasteiger partial charge on any atom is 0.279 e. The van der Waals surface area contributed by atoms with Crippen LogP contribution >= 0.6 is 0 Å². The molecule has 0 spiro atoms. The standard InChI is InChI=1S/C7H16N2O2S/c1-8-12(10,11)9-6-4-2-3-5-7-9/h8H,2-7H2,1H3.